The summed E-state index contributed by atoms with van der Waals surface area (Å²) in [5.41, 5.74) is 6.62. The number of nitrogens with zero attached hydrogens (tertiary/aromatic N) is 1. The van der Waals surface area contributed by atoms with Gasteiger partial charge in [0.05, 0.1) is 16.3 Å². The van der Waals surface area contributed by atoms with Crippen LogP contribution in [0.4, 0.5) is 5.69 Å². The summed E-state index contributed by atoms with van der Waals surface area (Å²) in [5, 5.41) is 8.14. The van der Waals surface area contributed by atoms with Crippen molar-refractivity contribution < 1.29 is 9.59 Å². The van der Waals surface area contributed by atoms with Crippen LogP contribution in [0.25, 0.3) is 0 Å². The maximum absolute atomic E-state index is 12.4. The Hall–Kier alpha value is -1.67. The first-order valence-electron chi connectivity index (χ1n) is 7.84. The first-order chi connectivity index (χ1) is 11.5. The average molecular weight is 419 g/mol. The average Bonchev–Trinajstić information content (AvgIpc) is 3.01. The van der Waals surface area contributed by atoms with Gasteiger partial charge in [0.1, 0.15) is 5.69 Å². The summed E-state index contributed by atoms with van der Waals surface area (Å²) in [6.07, 6.45) is 0.843. The fourth-order valence-corrected chi connectivity index (χ4v) is 3.10. The molecule has 2 rings (SSSR count). The molecule has 0 spiro atoms. The molecule has 1 aromatic heterocycles. The second-order valence-electron chi connectivity index (χ2n) is 5.77. The molecule has 9 heteroatoms. The van der Waals surface area contributed by atoms with Crippen molar-refractivity contribution in [3.05, 3.63) is 45.9 Å². The van der Waals surface area contributed by atoms with E-state index >= 15 is 0 Å². The second kappa shape index (κ2) is 11.9. The first kappa shape index (κ1) is 24.3. The predicted molar refractivity (Wildman–Crippen MR) is 111 cm³/mol. The van der Waals surface area contributed by atoms with Crippen molar-refractivity contribution in [1.29, 1.82) is 0 Å². The van der Waals surface area contributed by atoms with E-state index in [-0.39, 0.29) is 36.6 Å². The first-order valence-corrected chi connectivity index (χ1v) is 8.72. The van der Waals surface area contributed by atoms with Gasteiger partial charge in [-0.1, -0.05) is 26.0 Å². The van der Waals surface area contributed by atoms with Gasteiger partial charge in [-0.25, -0.2) is 4.98 Å². The maximum atomic E-state index is 12.4. The molecule has 1 aromatic carbocycles. The molecule has 1 heterocycles. The molecule has 0 fully saturated rings. The third kappa shape index (κ3) is 6.92. The van der Waals surface area contributed by atoms with Crippen molar-refractivity contribution in [2.75, 3.05) is 18.4 Å². The van der Waals surface area contributed by atoms with E-state index in [9.17, 15) is 9.59 Å². The summed E-state index contributed by atoms with van der Waals surface area (Å²) in [4.78, 5) is 28.9. The van der Waals surface area contributed by atoms with Crippen LogP contribution in [0.15, 0.2) is 29.6 Å². The number of nitrogens with two attached hydrogens (primary N) is 1. The molecule has 0 aliphatic heterocycles. The Morgan fingerprint density at radius 1 is 1.19 bits per heavy atom. The fourth-order valence-electron chi connectivity index (χ4n) is 2.12. The monoisotopic (exact) mass is 418 g/mol. The van der Waals surface area contributed by atoms with Crippen molar-refractivity contribution in [2.45, 2.75) is 20.3 Å². The lowest BCUT2D eigenvalue weighted by atomic mass is 10.1. The highest BCUT2D eigenvalue weighted by molar-refractivity contribution is 7.09. The van der Waals surface area contributed by atoms with E-state index < -0.39 is 0 Å². The number of carbonyl (C=O) groups is 2. The minimum atomic E-state index is -0.319. The van der Waals surface area contributed by atoms with Crippen LogP contribution in [0.3, 0.4) is 0 Å². The van der Waals surface area contributed by atoms with Gasteiger partial charge in [0, 0.05) is 24.9 Å². The summed E-state index contributed by atoms with van der Waals surface area (Å²) in [6.45, 7) is 4.96. The molecule has 0 saturated heterocycles. The van der Waals surface area contributed by atoms with Crippen molar-refractivity contribution in [3.8, 4) is 0 Å². The fraction of sp³-hybridized carbons (Fsp3) is 0.353. The van der Waals surface area contributed by atoms with E-state index in [2.05, 4.69) is 29.5 Å². The van der Waals surface area contributed by atoms with Gasteiger partial charge in [-0.05, 0) is 18.1 Å². The number of thiazole rings is 1. The van der Waals surface area contributed by atoms with Crippen molar-refractivity contribution >= 4 is 53.7 Å². The second-order valence-corrected chi connectivity index (χ2v) is 6.71. The molecule has 2 amide bonds. The van der Waals surface area contributed by atoms with Gasteiger partial charge in [-0.2, -0.15) is 0 Å². The highest BCUT2D eigenvalue weighted by Gasteiger charge is 2.16. The van der Waals surface area contributed by atoms with Crippen LogP contribution in [0, 0.1) is 5.92 Å². The van der Waals surface area contributed by atoms with Gasteiger partial charge < -0.3 is 16.4 Å². The summed E-state index contributed by atoms with van der Waals surface area (Å²) in [7, 11) is 0. The molecule has 0 atom stereocenters. The largest absolute Gasteiger partial charge is 0.351 e. The number of nitrogens with one attached hydrogen (secondary N) is 2. The Kier molecular flexibility index (Phi) is 11.1. The van der Waals surface area contributed by atoms with E-state index in [0.717, 1.165) is 11.4 Å². The Morgan fingerprint density at radius 2 is 1.88 bits per heavy atom. The number of aromatic nitrogens is 1. The summed E-state index contributed by atoms with van der Waals surface area (Å²) >= 11 is 1.47. The lowest BCUT2D eigenvalue weighted by Gasteiger charge is -2.10. The van der Waals surface area contributed by atoms with Crippen LogP contribution in [-0.2, 0) is 6.42 Å². The van der Waals surface area contributed by atoms with Crippen LogP contribution >= 0.6 is 36.2 Å². The van der Waals surface area contributed by atoms with Gasteiger partial charge in [0.25, 0.3) is 11.8 Å². The van der Waals surface area contributed by atoms with Crippen molar-refractivity contribution in [3.63, 3.8) is 0 Å². The van der Waals surface area contributed by atoms with Crippen LogP contribution in [0.2, 0.25) is 0 Å². The number of benzene rings is 1. The highest BCUT2D eigenvalue weighted by atomic mass is 35.5. The standard InChI is InChI=1S/C17H22N4O2S.2ClH/c1-11(2)9-15-20-14(10-24-15)17(23)21-13-6-4-3-5-12(13)16(22)19-8-7-18;;/h3-6,10-11H,7-9,18H2,1-2H3,(H,19,22)(H,21,23);2*1H. The quantitative estimate of drug-likeness (QED) is 0.642. The number of rotatable bonds is 7. The number of anilines is 1. The smallest absolute Gasteiger partial charge is 0.275 e. The summed E-state index contributed by atoms with van der Waals surface area (Å²) in [5.74, 6) is -0.102. The van der Waals surface area contributed by atoms with Crippen LogP contribution in [-0.4, -0.2) is 29.9 Å². The summed E-state index contributed by atoms with van der Waals surface area (Å²) < 4.78 is 0. The number of amides is 2. The van der Waals surface area contributed by atoms with E-state index in [1.807, 2.05) is 0 Å². The zero-order chi connectivity index (χ0) is 17.5. The molecule has 0 radical (unpaired) electrons. The maximum Gasteiger partial charge on any atom is 0.275 e. The topological polar surface area (TPSA) is 97.1 Å². The lowest BCUT2D eigenvalue weighted by Crippen LogP contribution is -2.30. The van der Waals surface area contributed by atoms with Crippen LogP contribution < -0.4 is 16.4 Å². The molecule has 0 saturated carbocycles. The third-order valence-corrected chi connectivity index (χ3v) is 4.09. The summed E-state index contributed by atoms with van der Waals surface area (Å²) in [6, 6.07) is 6.86. The predicted octanol–water partition coefficient (Wildman–Crippen LogP) is 3.13. The minimum Gasteiger partial charge on any atom is -0.351 e. The van der Waals surface area contributed by atoms with Gasteiger partial charge >= 0.3 is 0 Å². The zero-order valence-electron chi connectivity index (χ0n) is 14.7. The normalized spacial score (nSPS) is 9.85. The van der Waals surface area contributed by atoms with Crippen molar-refractivity contribution in [2.24, 2.45) is 11.7 Å². The number of hydrogen-bond donors (Lipinski definition) is 3. The van der Waals surface area contributed by atoms with Gasteiger partial charge in [0.15, 0.2) is 0 Å². The number of halogens is 2. The Bertz CT molecular complexity index is 722. The minimum absolute atomic E-state index is 0. The number of hydrogen-bond acceptors (Lipinski definition) is 5. The molecular weight excluding hydrogens is 395 g/mol. The molecule has 6 nitrogen and oxygen atoms in total. The van der Waals surface area contributed by atoms with E-state index in [1.165, 1.54) is 11.3 Å². The molecular formula is C17H24Cl2N4O2S. The van der Waals surface area contributed by atoms with E-state index in [0.29, 0.717) is 36.0 Å². The number of carbonyl (C=O) groups excluding carboxylic acids is 2. The Labute approximate surface area is 169 Å². The molecule has 144 valence electrons. The van der Waals surface area contributed by atoms with E-state index in [4.69, 9.17) is 5.73 Å². The zero-order valence-corrected chi connectivity index (χ0v) is 17.1. The SMILES string of the molecule is CC(C)Cc1nc(C(=O)Nc2ccccc2C(=O)NCCN)cs1.Cl.Cl. The Morgan fingerprint density at radius 3 is 2.54 bits per heavy atom. The molecule has 0 aliphatic rings. The molecule has 0 unspecified atom stereocenters. The highest BCUT2D eigenvalue weighted by Crippen LogP contribution is 2.18. The molecule has 2 aromatic rings. The van der Waals surface area contributed by atoms with Gasteiger partial charge in [0.2, 0.25) is 0 Å². The van der Waals surface area contributed by atoms with E-state index in [1.54, 1.807) is 29.6 Å². The lowest BCUT2D eigenvalue weighted by molar-refractivity contribution is 0.0955. The van der Waals surface area contributed by atoms with Crippen molar-refractivity contribution in [1.82, 2.24) is 10.3 Å². The van der Waals surface area contributed by atoms with Gasteiger partial charge in [-0.15, -0.1) is 36.2 Å². The van der Waals surface area contributed by atoms with Crippen LogP contribution in [0.1, 0.15) is 39.7 Å². The molecule has 4 N–H and O–H groups in total. The molecule has 26 heavy (non-hydrogen) atoms. The van der Waals surface area contributed by atoms with Crippen LogP contribution in [0.5, 0.6) is 0 Å². The Balaban J connectivity index is 0.00000312. The molecule has 0 aliphatic carbocycles. The third-order valence-electron chi connectivity index (χ3n) is 3.22. The van der Waals surface area contributed by atoms with Gasteiger partial charge in [-0.3, -0.25) is 9.59 Å². The molecule has 0 bridgehead atoms. The number of para-hydroxylation sites is 1.